The van der Waals surface area contributed by atoms with Crippen LogP contribution in [0.2, 0.25) is 0 Å². The third-order valence-electron chi connectivity index (χ3n) is 3.25. The van der Waals surface area contributed by atoms with Crippen molar-refractivity contribution in [3.8, 4) is 0 Å². The molecule has 4 heteroatoms. The third-order valence-corrected chi connectivity index (χ3v) is 3.25. The molecule has 4 nitrogen and oxygen atoms in total. The van der Waals surface area contributed by atoms with Gasteiger partial charge in [-0.05, 0) is 23.5 Å². The summed E-state index contributed by atoms with van der Waals surface area (Å²) in [5.74, 6) is 0.861. The Labute approximate surface area is 109 Å². The first-order valence-corrected chi connectivity index (χ1v) is 6.13. The number of hydrogen-bond acceptors (Lipinski definition) is 4. The van der Waals surface area contributed by atoms with E-state index in [1.807, 2.05) is 0 Å². The molecule has 100 valence electrons. The van der Waals surface area contributed by atoms with Gasteiger partial charge in [0.05, 0.1) is 12.7 Å². The van der Waals surface area contributed by atoms with Crippen LogP contribution < -0.4 is 5.32 Å². The topological polar surface area (TPSA) is 51.2 Å². The Kier molecular flexibility index (Phi) is 4.70. The second kappa shape index (κ2) is 5.85. The SMILES string of the molecule is COC(=O)c1ccnc(NCC(C)C(C)(C)C)c1. The Balaban J connectivity index is 2.66. The van der Waals surface area contributed by atoms with Crippen LogP contribution in [0.1, 0.15) is 38.1 Å². The number of nitrogens with zero attached hydrogens (tertiary/aromatic N) is 1. The van der Waals surface area contributed by atoms with Crippen LogP contribution in [0, 0.1) is 11.3 Å². The molecule has 1 rings (SSSR count). The van der Waals surface area contributed by atoms with E-state index in [0.29, 0.717) is 17.3 Å². The van der Waals surface area contributed by atoms with Crippen molar-refractivity contribution in [1.29, 1.82) is 0 Å². The molecule has 0 radical (unpaired) electrons. The number of rotatable bonds is 4. The van der Waals surface area contributed by atoms with Crippen molar-refractivity contribution in [2.75, 3.05) is 19.0 Å². The molecule has 1 atom stereocenters. The number of aromatic nitrogens is 1. The molecule has 0 bridgehead atoms. The highest BCUT2D eigenvalue weighted by molar-refractivity contribution is 5.89. The molecule has 1 heterocycles. The fourth-order valence-corrected chi connectivity index (χ4v) is 1.34. The van der Waals surface area contributed by atoms with Gasteiger partial charge in [-0.25, -0.2) is 9.78 Å². The maximum absolute atomic E-state index is 11.4. The summed E-state index contributed by atoms with van der Waals surface area (Å²) in [7, 11) is 1.37. The maximum Gasteiger partial charge on any atom is 0.338 e. The smallest absolute Gasteiger partial charge is 0.338 e. The van der Waals surface area contributed by atoms with Crippen molar-refractivity contribution in [2.24, 2.45) is 11.3 Å². The number of carbonyl (C=O) groups is 1. The largest absolute Gasteiger partial charge is 0.465 e. The zero-order chi connectivity index (χ0) is 13.8. The van der Waals surface area contributed by atoms with Gasteiger partial charge < -0.3 is 10.1 Å². The molecule has 0 amide bonds. The number of ether oxygens (including phenoxy) is 1. The van der Waals surface area contributed by atoms with Gasteiger partial charge in [-0.3, -0.25) is 0 Å². The Bertz CT molecular complexity index is 411. The lowest BCUT2D eigenvalue weighted by Gasteiger charge is -2.27. The van der Waals surface area contributed by atoms with Gasteiger partial charge in [0.25, 0.3) is 0 Å². The molecular weight excluding hydrogens is 228 g/mol. The van der Waals surface area contributed by atoms with Gasteiger partial charge in [0.15, 0.2) is 0 Å². The maximum atomic E-state index is 11.4. The highest BCUT2D eigenvalue weighted by Crippen LogP contribution is 2.25. The first-order chi connectivity index (χ1) is 8.34. The van der Waals surface area contributed by atoms with E-state index in [-0.39, 0.29) is 11.4 Å². The summed E-state index contributed by atoms with van der Waals surface area (Å²) < 4.78 is 4.68. The zero-order valence-corrected chi connectivity index (χ0v) is 11.8. The molecule has 0 spiro atoms. The molecule has 1 N–H and O–H groups in total. The summed E-state index contributed by atoms with van der Waals surface area (Å²) in [5, 5.41) is 3.25. The first-order valence-electron chi connectivity index (χ1n) is 6.13. The van der Waals surface area contributed by atoms with Crippen molar-refractivity contribution in [1.82, 2.24) is 4.98 Å². The molecule has 0 aromatic carbocycles. The number of anilines is 1. The molecular formula is C14H22N2O2. The molecule has 0 aliphatic rings. The molecule has 0 aliphatic heterocycles. The molecule has 1 unspecified atom stereocenters. The Morgan fingerprint density at radius 1 is 1.50 bits per heavy atom. The van der Waals surface area contributed by atoms with Crippen LogP contribution >= 0.6 is 0 Å². The molecule has 1 aromatic rings. The van der Waals surface area contributed by atoms with Gasteiger partial charge in [-0.1, -0.05) is 27.7 Å². The molecule has 1 aromatic heterocycles. The van der Waals surface area contributed by atoms with E-state index in [0.717, 1.165) is 6.54 Å². The van der Waals surface area contributed by atoms with Gasteiger partial charge >= 0.3 is 5.97 Å². The standard InChI is InChI=1S/C14H22N2O2/c1-10(14(2,3)4)9-16-12-8-11(6-7-15-12)13(17)18-5/h6-8,10H,9H2,1-5H3,(H,15,16). The zero-order valence-electron chi connectivity index (χ0n) is 11.8. The van der Waals surface area contributed by atoms with Crippen LogP contribution in [-0.4, -0.2) is 24.6 Å². The minimum Gasteiger partial charge on any atom is -0.465 e. The Hall–Kier alpha value is -1.58. The average molecular weight is 250 g/mol. The van der Waals surface area contributed by atoms with Crippen LogP contribution in [0.5, 0.6) is 0 Å². The van der Waals surface area contributed by atoms with Gasteiger partial charge in [0.2, 0.25) is 0 Å². The van der Waals surface area contributed by atoms with Gasteiger partial charge in [0, 0.05) is 12.7 Å². The number of nitrogens with one attached hydrogen (secondary N) is 1. The van der Waals surface area contributed by atoms with E-state index in [1.54, 1.807) is 18.3 Å². The lowest BCUT2D eigenvalue weighted by atomic mass is 9.82. The second-order valence-electron chi connectivity index (χ2n) is 5.57. The Morgan fingerprint density at radius 3 is 2.72 bits per heavy atom. The van der Waals surface area contributed by atoms with Crippen molar-refractivity contribution < 1.29 is 9.53 Å². The second-order valence-corrected chi connectivity index (χ2v) is 5.57. The van der Waals surface area contributed by atoms with Crippen LogP contribution in [0.4, 0.5) is 5.82 Å². The first kappa shape index (κ1) is 14.5. The summed E-state index contributed by atoms with van der Waals surface area (Å²) in [5.41, 5.74) is 0.755. The van der Waals surface area contributed by atoms with Crippen LogP contribution in [0.15, 0.2) is 18.3 Å². The number of pyridine rings is 1. The summed E-state index contributed by atoms with van der Waals surface area (Å²) in [6.07, 6.45) is 1.61. The van der Waals surface area contributed by atoms with Gasteiger partial charge in [-0.2, -0.15) is 0 Å². The normalized spacial score (nSPS) is 12.9. The predicted molar refractivity (Wildman–Crippen MR) is 72.7 cm³/mol. The highest BCUT2D eigenvalue weighted by Gasteiger charge is 2.19. The quantitative estimate of drug-likeness (QED) is 0.835. The summed E-state index contributed by atoms with van der Waals surface area (Å²) >= 11 is 0. The van der Waals surface area contributed by atoms with Gasteiger partial charge in [0.1, 0.15) is 5.82 Å². The van der Waals surface area contributed by atoms with Crippen LogP contribution in [-0.2, 0) is 4.74 Å². The lowest BCUT2D eigenvalue weighted by Crippen LogP contribution is -2.25. The van der Waals surface area contributed by atoms with Crippen molar-refractivity contribution in [3.63, 3.8) is 0 Å². The van der Waals surface area contributed by atoms with Crippen molar-refractivity contribution in [2.45, 2.75) is 27.7 Å². The molecule has 0 aliphatic carbocycles. The molecule has 18 heavy (non-hydrogen) atoms. The van der Waals surface area contributed by atoms with Crippen molar-refractivity contribution in [3.05, 3.63) is 23.9 Å². The van der Waals surface area contributed by atoms with E-state index < -0.39 is 0 Å². The van der Waals surface area contributed by atoms with E-state index in [2.05, 4.69) is 42.7 Å². The van der Waals surface area contributed by atoms with Crippen molar-refractivity contribution >= 4 is 11.8 Å². The summed E-state index contributed by atoms with van der Waals surface area (Å²) in [4.78, 5) is 15.6. The number of hydrogen-bond donors (Lipinski definition) is 1. The minimum atomic E-state index is -0.343. The lowest BCUT2D eigenvalue weighted by molar-refractivity contribution is 0.0600. The minimum absolute atomic E-state index is 0.243. The van der Waals surface area contributed by atoms with E-state index in [4.69, 9.17) is 0 Å². The molecule has 0 saturated heterocycles. The van der Waals surface area contributed by atoms with E-state index in [1.165, 1.54) is 7.11 Å². The highest BCUT2D eigenvalue weighted by atomic mass is 16.5. The van der Waals surface area contributed by atoms with Crippen LogP contribution in [0.25, 0.3) is 0 Å². The van der Waals surface area contributed by atoms with E-state index in [9.17, 15) is 4.79 Å². The summed E-state index contributed by atoms with van der Waals surface area (Å²) in [6.45, 7) is 9.63. The number of esters is 1. The fourth-order valence-electron chi connectivity index (χ4n) is 1.34. The summed E-state index contributed by atoms with van der Waals surface area (Å²) in [6, 6.07) is 3.35. The van der Waals surface area contributed by atoms with Gasteiger partial charge in [-0.15, -0.1) is 0 Å². The fraction of sp³-hybridized carbons (Fsp3) is 0.571. The number of methoxy groups -OCH3 is 1. The van der Waals surface area contributed by atoms with E-state index >= 15 is 0 Å². The molecule has 0 saturated carbocycles. The predicted octanol–water partition coefficient (Wildman–Crippen LogP) is 2.96. The Morgan fingerprint density at radius 2 is 2.17 bits per heavy atom. The number of carbonyl (C=O) groups excluding carboxylic acids is 1. The van der Waals surface area contributed by atoms with Crippen LogP contribution in [0.3, 0.4) is 0 Å². The monoisotopic (exact) mass is 250 g/mol. The average Bonchev–Trinajstić information content (AvgIpc) is 2.34. The third kappa shape index (κ3) is 4.02. The molecule has 0 fully saturated rings.